The minimum Gasteiger partial charge on any atom is -0.496 e. The molecule has 1 aliphatic rings. The van der Waals surface area contributed by atoms with Crippen LogP contribution in [0.15, 0.2) is 18.5 Å². The van der Waals surface area contributed by atoms with Crippen LogP contribution in [-0.2, 0) is 0 Å². The van der Waals surface area contributed by atoms with Crippen molar-refractivity contribution in [2.45, 2.75) is 25.8 Å². The molecule has 30 heavy (non-hydrogen) atoms. The van der Waals surface area contributed by atoms with Crippen LogP contribution in [0.1, 0.15) is 35.7 Å². The van der Waals surface area contributed by atoms with Crippen molar-refractivity contribution in [1.82, 2.24) is 19.7 Å². The molecular weight excluding hydrogens is 429 g/mol. The minimum atomic E-state index is -0.958. The number of aryl methyl sites for hydroxylation is 1. The second kappa shape index (κ2) is 7.52. The number of fused-ring (bicyclic) bond motifs is 1. The number of methoxy groups -OCH3 is 1. The summed E-state index contributed by atoms with van der Waals surface area (Å²) in [5.41, 5.74) is 9.78. The Morgan fingerprint density at radius 3 is 2.70 bits per heavy atom. The van der Waals surface area contributed by atoms with Gasteiger partial charge in [-0.25, -0.2) is 4.79 Å². The number of hydrogen-bond donors (Lipinski definition) is 2. The van der Waals surface area contributed by atoms with Crippen molar-refractivity contribution in [3.63, 3.8) is 0 Å². The SMILES string of the molecule is COc1c(C(C)n2nc(C)c3c(N)cncc32)cc(Cl)c(Cl)c1C1CN(C(=O)O)C1. The van der Waals surface area contributed by atoms with Crippen LogP contribution in [0.25, 0.3) is 10.9 Å². The molecular formula is C20H21Cl2N5O3. The summed E-state index contributed by atoms with van der Waals surface area (Å²) in [4.78, 5) is 16.7. The molecule has 1 amide bonds. The van der Waals surface area contributed by atoms with Gasteiger partial charge in [0, 0.05) is 35.5 Å². The van der Waals surface area contributed by atoms with Gasteiger partial charge in [0.05, 0.1) is 52.5 Å². The van der Waals surface area contributed by atoms with Crippen molar-refractivity contribution < 1.29 is 14.6 Å². The summed E-state index contributed by atoms with van der Waals surface area (Å²) in [6, 6.07) is 1.51. The molecule has 8 nitrogen and oxygen atoms in total. The summed E-state index contributed by atoms with van der Waals surface area (Å²) in [7, 11) is 1.57. The van der Waals surface area contributed by atoms with E-state index in [1.807, 2.05) is 18.5 Å². The molecule has 3 heterocycles. The highest BCUT2D eigenvalue weighted by Crippen LogP contribution is 2.46. The number of benzene rings is 1. The molecule has 1 saturated heterocycles. The Kier molecular flexibility index (Phi) is 5.15. The quantitative estimate of drug-likeness (QED) is 0.613. The molecule has 10 heteroatoms. The van der Waals surface area contributed by atoms with Gasteiger partial charge >= 0.3 is 6.09 Å². The van der Waals surface area contributed by atoms with Gasteiger partial charge < -0.3 is 20.5 Å². The van der Waals surface area contributed by atoms with E-state index in [9.17, 15) is 9.90 Å². The Balaban J connectivity index is 1.84. The van der Waals surface area contributed by atoms with Crippen LogP contribution in [0.2, 0.25) is 10.0 Å². The fraction of sp³-hybridized carbons (Fsp3) is 0.350. The van der Waals surface area contributed by atoms with Crippen LogP contribution in [0.3, 0.4) is 0 Å². The molecule has 3 aromatic rings. The molecule has 1 aromatic carbocycles. The molecule has 1 aliphatic heterocycles. The van der Waals surface area contributed by atoms with Gasteiger partial charge in [-0.1, -0.05) is 23.2 Å². The van der Waals surface area contributed by atoms with Crippen LogP contribution in [0.5, 0.6) is 5.75 Å². The van der Waals surface area contributed by atoms with E-state index < -0.39 is 6.09 Å². The number of nitrogens with two attached hydrogens (primary N) is 1. The number of pyridine rings is 1. The number of carboxylic acid groups (broad SMARTS) is 1. The molecule has 2 aromatic heterocycles. The molecule has 0 radical (unpaired) electrons. The van der Waals surface area contributed by atoms with E-state index in [4.69, 9.17) is 33.7 Å². The summed E-state index contributed by atoms with van der Waals surface area (Å²) in [5, 5.41) is 15.5. The lowest BCUT2D eigenvalue weighted by Gasteiger charge is -2.39. The Morgan fingerprint density at radius 1 is 1.37 bits per heavy atom. The third-order valence-corrected chi connectivity index (χ3v) is 6.44. The van der Waals surface area contributed by atoms with Crippen molar-refractivity contribution in [3.8, 4) is 5.75 Å². The molecule has 158 valence electrons. The summed E-state index contributed by atoms with van der Waals surface area (Å²) in [6.45, 7) is 4.55. The van der Waals surface area contributed by atoms with E-state index in [2.05, 4.69) is 10.1 Å². The molecule has 1 fully saturated rings. The van der Waals surface area contributed by atoms with Crippen LogP contribution in [0.4, 0.5) is 10.5 Å². The van der Waals surface area contributed by atoms with Crippen molar-refractivity contribution in [1.29, 1.82) is 0 Å². The smallest absolute Gasteiger partial charge is 0.407 e. The number of ether oxygens (including phenoxy) is 1. The van der Waals surface area contributed by atoms with Gasteiger partial charge in [-0.2, -0.15) is 5.10 Å². The van der Waals surface area contributed by atoms with Gasteiger partial charge in [-0.3, -0.25) is 9.67 Å². The number of amides is 1. The standard InChI is InChI=1S/C20H21Cl2N5O3/c1-9-16-14(23)5-24-6-15(16)27(25-9)10(2)12-4-13(21)18(22)17(19(12)30-3)11-7-26(8-11)20(28)29/h4-6,10-11H,7-8,23H2,1-3H3,(H,28,29). The van der Waals surface area contributed by atoms with Crippen LogP contribution in [0, 0.1) is 6.92 Å². The third kappa shape index (κ3) is 3.11. The first-order chi connectivity index (χ1) is 14.2. The van der Waals surface area contributed by atoms with Gasteiger partial charge in [-0.15, -0.1) is 0 Å². The molecule has 0 bridgehead atoms. The monoisotopic (exact) mass is 449 g/mol. The predicted molar refractivity (Wildman–Crippen MR) is 116 cm³/mol. The Labute approximate surface area is 183 Å². The van der Waals surface area contributed by atoms with E-state index in [1.54, 1.807) is 25.6 Å². The number of likely N-dealkylation sites (tertiary alicyclic amines) is 1. The number of rotatable bonds is 4. The van der Waals surface area contributed by atoms with Crippen molar-refractivity contribution in [2.24, 2.45) is 0 Å². The van der Waals surface area contributed by atoms with Crippen molar-refractivity contribution >= 4 is 45.9 Å². The van der Waals surface area contributed by atoms with E-state index in [-0.39, 0.29) is 12.0 Å². The molecule has 3 N–H and O–H groups in total. The highest BCUT2D eigenvalue weighted by atomic mass is 35.5. The molecule has 1 atom stereocenters. The maximum Gasteiger partial charge on any atom is 0.407 e. The zero-order valence-electron chi connectivity index (χ0n) is 16.7. The van der Waals surface area contributed by atoms with E-state index in [0.717, 1.165) is 27.7 Å². The largest absolute Gasteiger partial charge is 0.496 e. The highest BCUT2D eigenvalue weighted by molar-refractivity contribution is 6.42. The number of aromatic nitrogens is 3. The number of nitrogens with zero attached hydrogens (tertiary/aromatic N) is 4. The zero-order valence-corrected chi connectivity index (χ0v) is 18.2. The lowest BCUT2D eigenvalue weighted by molar-refractivity contribution is 0.104. The number of nitrogen functional groups attached to an aromatic ring is 1. The first-order valence-electron chi connectivity index (χ1n) is 9.36. The Hall–Kier alpha value is -2.71. The van der Waals surface area contributed by atoms with Crippen LogP contribution >= 0.6 is 23.2 Å². The fourth-order valence-corrected chi connectivity index (χ4v) is 4.61. The molecule has 4 rings (SSSR count). The van der Waals surface area contributed by atoms with Gasteiger partial charge in [0.25, 0.3) is 0 Å². The highest BCUT2D eigenvalue weighted by Gasteiger charge is 2.37. The first kappa shape index (κ1) is 20.6. The topological polar surface area (TPSA) is 107 Å². The molecule has 0 spiro atoms. The molecule has 0 saturated carbocycles. The third-order valence-electron chi connectivity index (χ3n) is 5.64. The average molecular weight is 450 g/mol. The average Bonchev–Trinajstić information content (AvgIpc) is 3.00. The summed E-state index contributed by atoms with van der Waals surface area (Å²) >= 11 is 13.0. The molecule has 0 aliphatic carbocycles. The van der Waals surface area contributed by atoms with E-state index >= 15 is 0 Å². The molecule has 1 unspecified atom stereocenters. The van der Waals surface area contributed by atoms with E-state index in [0.29, 0.717) is 34.6 Å². The van der Waals surface area contributed by atoms with Crippen LogP contribution < -0.4 is 10.5 Å². The van der Waals surface area contributed by atoms with Crippen molar-refractivity contribution in [3.05, 3.63) is 45.3 Å². The lowest BCUT2D eigenvalue weighted by atomic mass is 9.88. The second-order valence-electron chi connectivity index (χ2n) is 7.42. The van der Waals surface area contributed by atoms with Gasteiger partial charge in [-0.05, 0) is 19.9 Å². The normalized spacial score (nSPS) is 15.3. The van der Waals surface area contributed by atoms with E-state index in [1.165, 1.54) is 4.90 Å². The maximum atomic E-state index is 11.2. The Bertz CT molecular complexity index is 1160. The van der Waals surface area contributed by atoms with Crippen LogP contribution in [-0.4, -0.2) is 51.1 Å². The van der Waals surface area contributed by atoms with Gasteiger partial charge in [0.1, 0.15) is 5.75 Å². The summed E-state index contributed by atoms with van der Waals surface area (Å²) in [6.07, 6.45) is 2.37. The fourth-order valence-electron chi connectivity index (χ4n) is 4.09. The van der Waals surface area contributed by atoms with Gasteiger partial charge in [0.2, 0.25) is 0 Å². The maximum absolute atomic E-state index is 11.2. The number of hydrogen-bond acceptors (Lipinski definition) is 5. The van der Waals surface area contributed by atoms with Gasteiger partial charge in [0.15, 0.2) is 0 Å². The predicted octanol–water partition coefficient (Wildman–Crippen LogP) is 4.32. The number of halogens is 2. The summed E-state index contributed by atoms with van der Waals surface area (Å²) < 4.78 is 7.60. The first-order valence-corrected chi connectivity index (χ1v) is 10.1. The Morgan fingerprint density at radius 2 is 2.07 bits per heavy atom. The lowest BCUT2D eigenvalue weighted by Crippen LogP contribution is -2.48. The number of anilines is 1. The summed E-state index contributed by atoms with van der Waals surface area (Å²) in [5.74, 6) is 0.492. The van der Waals surface area contributed by atoms with Crippen molar-refractivity contribution in [2.75, 3.05) is 25.9 Å². The number of carbonyl (C=O) groups is 1. The minimum absolute atomic E-state index is 0.0957. The second-order valence-corrected chi connectivity index (χ2v) is 8.21. The zero-order chi connectivity index (χ0) is 21.7.